The van der Waals surface area contributed by atoms with Gasteiger partial charge in [0.2, 0.25) is 11.8 Å². The molecular weight excluding hydrogens is 887 g/mol. The number of imidazole rings is 2. The Morgan fingerprint density at radius 2 is 1.12 bits per heavy atom. The second-order valence-corrected chi connectivity index (χ2v) is 15.0. The highest BCUT2D eigenvalue weighted by Gasteiger charge is 2.34. The molecule has 18 heteroatoms. The summed E-state index contributed by atoms with van der Waals surface area (Å²) in [6, 6.07) is 38.1. The molecule has 0 spiro atoms. The van der Waals surface area contributed by atoms with Gasteiger partial charge in [-0.15, -0.1) is 37.2 Å². The lowest BCUT2D eigenvalue weighted by Gasteiger charge is -2.24. The Morgan fingerprint density at radius 1 is 0.615 bits per heavy atom. The third kappa shape index (κ3) is 12.3. The monoisotopic (exact) mass is 938 g/mol. The van der Waals surface area contributed by atoms with Crippen LogP contribution in [0.2, 0.25) is 0 Å². The highest BCUT2D eigenvalue weighted by Crippen LogP contribution is 2.24. The normalized spacial score (nSPS) is 14.9. The first-order chi connectivity index (χ1) is 30.4. The summed E-state index contributed by atoms with van der Waals surface area (Å²) in [7, 11) is 0. The topological polar surface area (TPSA) is 196 Å². The Hall–Kier alpha value is -6.62. The van der Waals surface area contributed by atoms with Gasteiger partial charge < -0.3 is 51.0 Å². The van der Waals surface area contributed by atoms with Crippen molar-refractivity contribution in [3.63, 3.8) is 0 Å². The summed E-state index contributed by atoms with van der Waals surface area (Å²) < 4.78 is 3.94. The SMILES string of the molecule is Cl.Cl.Cl.NCc1nc2ccccc2[nH]1.O=C(Nc1ccccc1-n1cccc1)C1CCCN1.O=C(Nc1ccccc1-n1cccc1)[C@@H]1CCCN1C(=O)NCc1nc2ccccc2[nH]1. The summed E-state index contributed by atoms with van der Waals surface area (Å²) >= 11 is 0. The number of carbonyl (C=O) groups excluding carboxylic acids is 3. The lowest BCUT2D eigenvalue weighted by atomic mass is 10.2. The fourth-order valence-electron chi connectivity index (χ4n) is 7.68. The van der Waals surface area contributed by atoms with E-state index in [1.807, 2.05) is 155 Å². The van der Waals surface area contributed by atoms with Crippen LogP contribution in [0, 0.1) is 0 Å². The third-order valence-corrected chi connectivity index (χ3v) is 10.8. The van der Waals surface area contributed by atoms with Gasteiger partial charge in [0.15, 0.2) is 0 Å². The van der Waals surface area contributed by atoms with Gasteiger partial charge in [0.25, 0.3) is 0 Å². The van der Waals surface area contributed by atoms with E-state index in [0.717, 1.165) is 70.8 Å². The van der Waals surface area contributed by atoms with Crippen LogP contribution < -0.4 is 27.0 Å². The first kappa shape index (κ1) is 49.4. The molecule has 2 fully saturated rings. The largest absolute Gasteiger partial charge is 0.341 e. The number of anilines is 2. The average Bonchev–Trinajstić information content (AvgIpc) is 4.17. The molecule has 0 saturated carbocycles. The molecule has 4 amide bonds. The molecule has 2 aliphatic heterocycles. The van der Waals surface area contributed by atoms with Crippen LogP contribution in [0.5, 0.6) is 0 Å². The maximum Gasteiger partial charge on any atom is 0.318 e. The van der Waals surface area contributed by atoms with Gasteiger partial charge in [0, 0.05) is 31.3 Å². The van der Waals surface area contributed by atoms with E-state index in [0.29, 0.717) is 31.0 Å². The van der Waals surface area contributed by atoms with Crippen LogP contribution in [-0.2, 0) is 22.7 Å². The minimum atomic E-state index is -0.511. The quantitative estimate of drug-likeness (QED) is 0.0759. The maximum absolute atomic E-state index is 13.1. The van der Waals surface area contributed by atoms with E-state index in [1.165, 1.54) is 0 Å². The molecule has 1 unspecified atom stereocenters. The number of hydrogen-bond donors (Lipinski definition) is 7. The zero-order valence-corrected chi connectivity index (χ0v) is 37.9. The zero-order valence-electron chi connectivity index (χ0n) is 35.4. The average molecular weight is 940 g/mol. The number of amides is 4. The molecule has 8 aromatic rings. The number of halogens is 3. The van der Waals surface area contributed by atoms with Gasteiger partial charge in [-0.05, 0) is 105 Å². The number of aromatic nitrogens is 6. The fourth-order valence-corrected chi connectivity index (χ4v) is 7.68. The second kappa shape index (κ2) is 23.9. The van der Waals surface area contributed by atoms with Gasteiger partial charge in [-0.1, -0.05) is 48.5 Å². The summed E-state index contributed by atoms with van der Waals surface area (Å²) in [5.41, 5.74) is 12.7. The Kier molecular flexibility index (Phi) is 18.2. The molecule has 8 N–H and O–H groups in total. The first-order valence-corrected chi connectivity index (χ1v) is 20.8. The Balaban J connectivity index is 0.000000204. The van der Waals surface area contributed by atoms with E-state index in [2.05, 4.69) is 41.2 Å². The molecule has 10 rings (SSSR count). The standard InChI is InChI=1S/C24H24N6O2.C15H17N3O.C8H9N3.3ClH/c31-23(28-19-10-3-4-11-20(19)29-13-5-6-14-29)21-12-7-15-30(21)24(32)25-16-22-26-17-8-1-2-9-18(17)27-22;19-15(13-7-5-9-16-13)17-12-6-1-2-8-14(12)18-10-3-4-11-18;9-5-8-10-6-3-1-2-4-7(6)11-8;;;/h1-6,8-11,13-14,21H,7,12,15-16H2,(H,25,32)(H,26,27)(H,28,31);1-4,6,8,10-11,13,16H,5,7,9H2,(H,17,19);1-4H,5,9H2,(H,10,11);3*1H/t21-;;;;;/m0...../s1. The van der Waals surface area contributed by atoms with Crippen molar-refractivity contribution in [2.24, 2.45) is 5.73 Å². The van der Waals surface area contributed by atoms with Crippen LogP contribution in [0.4, 0.5) is 16.2 Å². The first-order valence-electron chi connectivity index (χ1n) is 20.8. The molecule has 15 nitrogen and oxygen atoms in total. The molecule has 0 aliphatic carbocycles. The van der Waals surface area contributed by atoms with E-state index in [-0.39, 0.29) is 67.7 Å². The minimum Gasteiger partial charge on any atom is -0.341 e. The Labute approximate surface area is 395 Å². The van der Waals surface area contributed by atoms with E-state index < -0.39 is 6.04 Å². The van der Waals surface area contributed by atoms with Crippen molar-refractivity contribution in [1.29, 1.82) is 0 Å². The van der Waals surface area contributed by atoms with Gasteiger partial charge >= 0.3 is 6.03 Å². The zero-order chi connectivity index (χ0) is 42.7. The predicted octanol–water partition coefficient (Wildman–Crippen LogP) is 8.12. The van der Waals surface area contributed by atoms with Gasteiger partial charge in [-0.2, -0.15) is 0 Å². The van der Waals surface area contributed by atoms with Crippen molar-refractivity contribution in [1.82, 2.24) is 44.6 Å². The third-order valence-electron chi connectivity index (χ3n) is 10.8. The molecule has 2 aliphatic rings. The van der Waals surface area contributed by atoms with Crippen LogP contribution >= 0.6 is 37.2 Å². The van der Waals surface area contributed by atoms with E-state index in [4.69, 9.17) is 5.73 Å². The Bertz CT molecular complexity index is 2670. The van der Waals surface area contributed by atoms with Crippen LogP contribution in [0.3, 0.4) is 0 Å². The summed E-state index contributed by atoms with van der Waals surface area (Å²) in [6.45, 7) is 2.21. The van der Waals surface area contributed by atoms with Crippen molar-refractivity contribution in [2.75, 3.05) is 23.7 Å². The summed E-state index contributed by atoms with van der Waals surface area (Å²) in [4.78, 5) is 54.7. The minimum absolute atomic E-state index is 0. The molecule has 2 atom stereocenters. The smallest absolute Gasteiger partial charge is 0.318 e. The van der Waals surface area contributed by atoms with Gasteiger partial charge in [-0.25, -0.2) is 14.8 Å². The number of hydrogen-bond acceptors (Lipinski definition) is 7. The van der Waals surface area contributed by atoms with Crippen LogP contribution in [-0.4, -0.2) is 77.0 Å². The van der Waals surface area contributed by atoms with Gasteiger partial charge in [0.05, 0.1) is 63.9 Å². The fraction of sp³-hybridized carbons (Fsp3) is 0.213. The lowest BCUT2D eigenvalue weighted by molar-refractivity contribution is -0.119. The number of fused-ring (bicyclic) bond motifs is 2. The van der Waals surface area contributed by atoms with Crippen molar-refractivity contribution in [3.8, 4) is 11.4 Å². The number of nitrogens with one attached hydrogen (secondary N) is 6. The van der Waals surface area contributed by atoms with E-state index >= 15 is 0 Å². The number of para-hydroxylation sites is 8. The van der Waals surface area contributed by atoms with E-state index in [1.54, 1.807) is 4.90 Å². The maximum atomic E-state index is 13.1. The van der Waals surface area contributed by atoms with Crippen molar-refractivity contribution < 1.29 is 14.4 Å². The number of nitrogens with two attached hydrogens (primary N) is 1. The van der Waals surface area contributed by atoms with Gasteiger partial charge in [-0.3, -0.25) is 9.59 Å². The number of benzene rings is 4. The number of rotatable bonds is 9. The predicted molar refractivity (Wildman–Crippen MR) is 264 cm³/mol. The molecule has 0 radical (unpaired) electrons. The van der Waals surface area contributed by atoms with Crippen LogP contribution in [0.1, 0.15) is 37.3 Å². The highest BCUT2D eigenvalue weighted by molar-refractivity contribution is 5.99. The summed E-state index contributed by atoms with van der Waals surface area (Å²) in [5, 5.41) is 12.1. The number of urea groups is 1. The molecule has 4 aromatic heterocycles. The summed E-state index contributed by atoms with van der Waals surface area (Å²) in [5.74, 6) is 1.39. The van der Waals surface area contributed by atoms with E-state index in [9.17, 15) is 14.4 Å². The molecule has 340 valence electrons. The lowest BCUT2D eigenvalue weighted by Crippen LogP contribution is -2.47. The molecular formula is C47H53Cl3N12O3. The van der Waals surface area contributed by atoms with Crippen LogP contribution in [0.25, 0.3) is 33.4 Å². The molecule has 0 bridgehead atoms. The molecule has 6 heterocycles. The number of nitrogens with zero attached hydrogens (tertiary/aromatic N) is 5. The van der Waals surface area contributed by atoms with Crippen molar-refractivity contribution in [3.05, 3.63) is 158 Å². The van der Waals surface area contributed by atoms with Gasteiger partial charge in [0.1, 0.15) is 17.7 Å². The number of likely N-dealkylation sites (tertiary alicyclic amines) is 1. The Morgan fingerprint density at radius 3 is 1.66 bits per heavy atom. The number of carbonyl (C=O) groups is 3. The number of H-pyrrole nitrogens is 2. The molecule has 65 heavy (non-hydrogen) atoms. The van der Waals surface area contributed by atoms with Crippen molar-refractivity contribution >= 4 is 88.5 Å². The van der Waals surface area contributed by atoms with Crippen molar-refractivity contribution in [2.45, 2.75) is 50.9 Å². The van der Waals surface area contributed by atoms with Crippen LogP contribution in [0.15, 0.2) is 146 Å². The second-order valence-electron chi connectivity index (χ2n) is 15.0. The molecule has 4 aromatic carbocycles. The number of aromatic amines is 2. The summed E-state index contributed by atoms with van der Waals surface area (Å²) in [6.07, 6.45) is 11.2. The highest BCUT2D eigenvalue weighted by atomic mass is 35.5. The molecule has 2 saturated heterocycles.